The summed E-state index contributed by atoms with van der Waals surface area (Å²) in [5, 5.41) is 0. The average Bonchev–Trinajstić information content (AvgIpc) is 3.18. The lowest BCUT2D eigenvalue weighted by molar-refractivity contribution is -0.147. The molecule has 0 aliphatic heterocycles. The molecular formula is C20H24F4O2. The molecule has 0 radical (unpaired) electrons. The summed E-state index contributed by atoms with van der Waals surface area (Å²) in [5.41, 5.74) is -0.424. The van der Waals surface area contributed by atoms with Crippen LogP contribution in [0.3, 0.4) is 0 Å². The van der Waals surface area contributed by atoms with Crippen molar-refractivity contribution in [2.45, 2.75) is 54.1 Å². The first-order chi connectivity index (χ1) is 12.4. The zero-order valence-electron chi connectivity index (χ0n) is 15.3. The Morgan fingerprint density at radius 2 is 1.58 bits per heavy atom. The van der Waals surface area contributed by atoms with Crippen molar-refractivity contribution >= 4 is 5.97 Å². The highest BCUT2D eigenvalue weighted by Gasteiger charge is 2.61. The van der Waals surface area contributed by atoms with Crippen molar-refractivity contribution in [2.24, 2.45) is 17.3 Å². The minimum Gasteiger partial charge on any atom is -0.461 e. The van der Waals surface area contributed by atoms with Crippen molar-refractivity contribution in [1.29, 1.82) is 0 Å². The molecule has 2 nitrogen and oxygen atoms in total. The van der Waals surface area contributed by atoms with Crippen LogP contribution in [-0.4, -0.2) is 5.97 Å². The van der Waals surface area contributed by atoms with E-state index in [4.69, 9.17) is 4.74 Å². The average molecular weight is 372 g/mol. The van der Waals surface area contributed by atoms with Gasteiger partial charge in [0.2, 0.25) is 0 Å². The van der Waals surface area contributed by atoms with Crippen LogP contribution < -0.4 is 0 Å². The molecule has 1 aromatic carbocycles. The van der Waals surface area contributed by atoms with E-state index in [1.165, 1.54) is 0 Å². The van der Waals surface area contributed by atoms with E-state index in [-0.39, 0.29) is 45.1 Å². The highest BCUT2D eigenvalue weighted by molar-refractivity contribution is 5.78. The fourth-order valence-electron chi connectivity index (χ4n) is 3.63. The van der Waals surface area contributed by atoms with Gasteiger partial charge < -0.3 is 4.74 Å². The molecule has 0 bridgehead atoms. The Morgan fingerprint density at radius 1 is 1.04 bits per heavy atom. The predicted octanol–water partition coefficient (Wildman–Crippen LogP) is 5.46. The van der Waals surface area contributed by atoms with Gasteiger partial charge in [0.05, 0.1) is 5.92 Å². The summed E-state index contributed by atoms with van der Waals surface area (Å²) in [6.45, 7) is 1.26. The third kappa shape index (κ3) is 3.64. The Bertz CT molecular complexity index is 667. The van der Waals surface area contributed by atoms with E-state index in [0.29, 0.717) is 0 Å². The topological polar surface area (TPSA) is 26.3 Å². The van der Waals surface area contributed by atoms with Crippen LogP contribution in [0.5, 0.6) is 0 Å². The molecule has 144 valence electrons. The fraction of sp³-hybridized carbons (Fsp3) is 0.550. The van der Waals surface area contributed by atoms with Crippen LogP contribution in [0.25, 0.3) is 0 Å². The summed E-state index contributed by atoms with van der Waals surface area (Å²) in [6, 6.07) is 1.14. The van der Waals surface area contributed by atoms with E-state index in [2.05, 4.69) is 0 Å². The number of rotatable bonds is 8. The molecule has 2 atom stereocenters. The van der Waals surface area contributed by atoms with Gasteiger partial charge in [0.15, 0.2) is 0 Å². The van der Waals surface area contributed by atoms with Gasteiger partial charge in [-0.1, -0.05) is 26.0 Å². The largest absolute Gasteiger partial charge is 0.461 e. The third-order valence-corrected chi connectivity index (χ3v) is 5.33. The molecule has 1 saturated carbocycles. The van der Waals surface area contributed by atoms with Gasteiger partial charge in [0, 0.05) is 5.56 Å². The first-order valence-electron chi connectivity index (χ1n) is 8.55. The Balaban J connectivity index is 2.27. The molecule has 1 aliphatic carbocycles. The number of esters is 1. The second kappa shape index (κ2) is 8.23. The minimum absolute atomic E-state index is 0.0344. The number of carbonyl (C=O) groups excluding carboxylic acids is 1. The van der Waals surface area contributed by atoms with Crippen LogP contribution in [0.15, 0.2) is 18.2 Å². The maximum Gasteiger partial charge on any atom is 0.310 e. The minimum atomic E-state index is -1.04. The second-order valence-corrected chi connectivity index (χ2v) is 7.12. The van der Waals surface area contributed by atoms with Gasteiger partial charge in [0.1, 0.15) is 33.3 Å². The number of ether oxygens (including phenoxy) is 1. The van der Waals surface area contributed by atoms with Gasteiger partial charge in [-0.05, 0) is 46.6 Å². The molecule has 1 fully saturated rings. The molecule has 1 aromatic rings. The van der Waals surface area contributed by atoms with E-state index < -0.39 is 39.3 Å². The van der Waals surface area contributed by atoms with Crippen molar-refractivity contribution in [3.05, 3.63) is 46.0 Å². The van der Waals surface area contributed by atoms with E-state index in [0.717, 1.165) is 6.07 Å². The standard InChI is InChI=1S/C20H24F4O2/c1-4-5-17-18(20(17,2)3)19(25)26-11-16-14(9-23)12(7-21)6-13(8-22)15(16)10-24/h4-6,17-18H,7-11H2,1-3H3. The molecule has 6 heteroatoms. The Morgan fingerprint density at radius 3 is 2.00 bits per heavy atom. The molecule has 1 aliphatic rings. The summed E-state index contributed by atoms with van der Waals surface area (Å²) < 4.78 is 58.5. The van der Waals surface area contributed by atoms with Gasteiger partial charge in [-0.15, -0.1) is 0 Å². The predicted molar refractivity (Wildman–Crippen MR) is 91.1 cm³/mol. The maximum atomic E-state index is 13.4. The molecule has 0 spiro atoms. The Hall–Kier alpha value is -1.85. The number of benzene rings is 1. The highest BCUT2D eigenvalue weighted by atomic mass is 19.1. The zero-order chi connectivity index (χ0) is 19.5. The number of hydrogen-bond donors (Lipinski definition) is 0. The van der Waals surface area contributed by atoms with Crippen LogP contribution in [0.2, 0.25) is 0 Å². The van der Waals surface area contributed by atoms with Crippen molar-refractivity contribution < 1.29 is 27.1 Å². The molecule has 0 aromatic heterocycles. The summed E-state index contributed by atoms with van der Waals surface area (Å²) in [5.74, 6) is -0.772. The maximum absolute atomic E-state index is 13.4. The van der Waals surface area contributed by atoms with E-state index in [9.17, 15) is 22.4 Å². The number of carbonyl (C=O) groups is 1. The molecular weight excluding hydrogens is 348 g/mol. The number of halogens is 4. The molecule has 2 unspecified atom stereocenters. The monoisotopic (exact) mass is 372 g/mol. The lowest BCUT2D eigenvalue weighted by Gasteiger charge is -2.18. The smallest absolute Gasteiger partial charge is 0.310 e. The van der Waals surface area contributed by atoms with Gasteiger partial charge >= 0.3 is 5.97 Å². The van der Waals surface area contributed by atoms with Crippen LogP contribution in [0.1, 0.15) is 48.6 Å². The molecule has 0 amide bonds. The van der Waals surface area contributed by atoms with E-state index in [1.807, 2.05) is 32.9 Å². The number of hydrogen-bond acceptors (Lipinski definition) is 2. The summed E-state index contributed by atoms with van der Waals surface area (Å²) in [6.07, 6.45) is 3.79. The van der Waals surface area contributed by atoms with Gasteiger partial charge in [-0.25, -0.2) is 17.6 Å². The third-order valence-electron chi connectivity index (χ3n) is 5.33. The van der Waals surface area contributed by atoms with Crippen molar-refractivity contribution in [1.82, 2.24) is 0 Å². The Kier molecular flexibility index (Phi) is 6.48. The van der Waals surface area contributed by atoms with E-state index >= 15 is 0 Å². The quantitative estimate of drug-likeness (QED) is 0.344. The SMILES string of the molecule is CC=CC1C(C(=O)OCc2c(CF)c(CF)cc(CF)c2CF)C1(C)C. The van der Waals surface area contributed by atoms with E-state index in [1.54, 1.807) is 0 Å². The van der Waals surface area contributed by atoms with Crippen LogP contribution in [0.4, 0.5) is 17.6 Å². The first-order valence-corrected chi connectivity index (χ1v) is 8.55. The van der Waals surface area contributed by atoms with Crippen LogP contribution >= 0.6 is 0 Å². The Labute approximate surface area is 151 Å². The summed E-state index contributed by atoms with van der Waals surface area (Å²) in [7, 11) is 0. The molecule has 0 heterocycles. The molecule has 0 saturated heterocycles. The van der Waals surface area contributed by atoms with Crippen LogP contribution in [-0.2, 0) is 42.8 Å². The zero-order valence-corrected chi connectivity index (χ0v) is 15.3. The number of allylic oxidation sites excluding steroid dienone is 2. The highest BCUT2D eigenvalue weighted by Crippen LogP contribution is 2.59. The van der Waals surface area contributed by atoms with Crippen molar-refractivity contribution in [3.63, 3.8) is 0 Å². The van der Waals surface area contributed by atoms with Crippen molar-refractivity contribution in [3.8, 4) is 0 Å². The summed E-state index contributed by atoms with van der Waals surface area (Å²) >= 11 is 0. The van der Waals surface area contributed by atoms with Crippen molar-refractivity contribution in [2.75, 3.05) is 0 Å². The molecule has 26 heavy (non-hydrogen) atoms. The summed E-state index contributed by atoms with van der Waals surface area (Å²) in [4.78, 5) is 12.4. The number of alkyl halides is 4. The van der Waals surface area contributed by atoms with Crippen LogP contribution in [0, 0.1) is 17.3 Å². The fourth-order valence-corrected chi connectivity index (χ4v) is 3.63. The van der Waals surface area contributed by atoms with Gasteiger partial charge in [-0.3, -0.25) is 4.79 Å². The molecule has 0 N–H and O–H groups in total. The molecule has 2 rings (SSSR count). The lowest BCUT2D eigenvalue weighted by atomic mass is 9.93. The van der Waals surface area contributed by atoms with Gasteiger partial charge in [-0.2, -0.15) is 0 Å². The normalized spacial score (nSPS) is 21.2. The lowest BCUT2D eigenvalue weighted by Crippen LogP contribution is -2.14. The van der Waals surface area contributed by atoms with Gasteiger partial charge in [0.25, 0.3) is 0 Å². The second-order valence-electron chi connectivity index (χ2n) is 7.12. The first kappa shape index (κ1) is 20.5.